The van der Waals surface area contributed by atoms with Crippen LogP contribution in [0.5, 0.6) is 0 Å². The molecule has 0 radical (unpaired) electrons. The van der Waals surface area contributed by atoms with E-state index in [1.165, 1.54) is 22.7 Å². The number of aliphatic hydroxyl groups is 1. The number of hydrogen-bond donors (Lipinski definition) is 2. The van der Waals surface area contributed by atoms with E-state index >= 15 is 0 Å². The predicted molar refractivity (Wildman–Crippen MR) is 78.8 cm³/mol. The van der Waals surface area contributed by atoms with Crippen LogP contribution in [-0.2, 0) is 6.54 Å². The van der Waals surface area contributed by atoms with Gasteiger partial charge in [-0.2, -0.15) is 0 Å². The Morgan fingerprint density at radius 3 is 2.84 bits per heavy atom. The molecule has 19 heavy (non-hydrogen) atoms. The van der Waals surface area contributed by atoms with Crippen LogP contribution in [0.3, 0.4) is 0 Å². The van der Waals surface area contributed by atoms with Gasteiger partial charge in [0.1, 0.15) is 11.5 Å². The maximum absolute atomic E-state index is 11.9. The molecule has 0 atom stereocenters. The minimum atomic E-state index is -0.186. The molecular formula is C13H10ClNO2S2. The van der Waals surface area contributed by atoms with Crippen LogP contribution in [0, 0.1) is 11.8 Å². The van der Waals surface area contributed by atoms with Crippen molar-refractivity contribution in [3.8, 4) is 11.8 Å². The maximum atomic E-state index is 11.9. The summed E-state index contributed by atoms with van der Waals surface area (Å²) in [5.41, 5.74) is 0.830. The molecule has 0 spiro atoms. The summed E-state index contributed by atoms with van der Waals surface area (Å²) in [6.45, 7) is 0.229. The fourth-order valence-corrected chi connectivity index (χ4v) is 3.25. The molecule has 3 nitrogen and oxygen atoms in total. The van der Waals surface area contributed by atoms with Gasteiger partial charge in [0.05, 0.1) is 11.6 Å². The number of carbonyl (C=O) groups excluding carboxylic acids is 1. The molecule has 2 aromatic rings. The molecular weight excluding hydrogens is 302 g/mol. The second kappa shape index (κ2) is 6.73. The third kappa shape index (κ3) is 3.58. The summed E-state index contributed by atoms with van der Waals surface area (Å²) in [7, 11) is 0. The zero-order valence-corrected chi connectivity index (χ0v) is 12.2. The number of amides is 1. The molecule has 2 rings (SSSR count). The van der Waals surface area contributed by atoms with E-state index in [4.69, 9.17) is 16.7 Å². The number of thiophene rings is 2. The highest BCUT2D eigenvalue weighted by molar-refractivity contribution is 7.12. The molecule has 2 aromatic heterocycles. The highest BCUT2D eigenvalue weighted by Gasteiger charge is 2.12. The van der Waals surface area contributed by atoms with Crippen LogP contribution in [0.1, 0.15) is 20.1 Å². The van der Waals surface area contributed by atoms with Gasteiger partial charge in [0, 0.05) is 10.4 Å². The van der Waals surface area contributed by atoms with Gasteiger partial charge in [0.25, 0.3) is 5.91 Å². The smallest absolute Gasteiger partial charge is 0.263 e. The molecule has 0 aromatic carbocycles. The van der Waals surface area contributed by atoms with E-state index < -0.39 is 0 Å². The molecule has 0 saturated carbocycles. The molecule has 1 amide bonds. The molecule has 0 fully saturated rings. The summed E-state index contributed by atoms with van der Waals surface area (Å²) in [6, 6.07) is 3.57. The fourth-order valence-electron chi connectivity index (χ4n) is 1.42. The van der Waals surface area contributed by atoms with Crippen molar-refractivity contribution >= 4 is 40.2 Å². The monoisotopic (exact) mass is 311 g/mol. The number of halogens is 1. The van der Waals surface area contributed by atoms with Crippen molar-refractivity contribution in [1.82, 2.24) is 5.32 Å². The number of hydrogen-bond acceptors (Lipinski definition) is 4. The molecule has 0 aliphatic rings. The van der Waals surface area contributed by atoms with Crippen LogP contribution in [-0.4, -0.2) is 17.6 Å². The highest BCUT2D eigenvalue weighted by atomic mass is 35.5. The Kier molecular flexibility index (Phi) is 5.00. The maximum Gasteiger partial charge on any atom is 0.263 e. The third-order valence-electron chi connectivity index (χ3n) is 2.28. The lowest BCUT2D eigenvalue weighted by molar-refractivity contribution is 0.0955. The summed E-state index contributed by atoms with van der Waals surface area (Å²) < 4.78 is 0. The van der Waals surface area contributed by atoms with Crippen molar-refractivity contribution in [1.29, 1.82) is 0 Å². The van der Waals surface area contributed by atoms with Crippen LogP contribution in [0.25, 0.3) is 0 Å². The van der Waals surface area contributed by atoms with E-state index in [1.807, 2.05) is 11.4 Å². The van der Waals surface area contributed by atoms with Crippen LogP contribution in [0.2, 0.25) is 5.02 Å². The number of rotatable bonds is 3. The van der Waals surface area contributed by atoms with Gasteiger partial charge in [-0.05, 0) is 22.9 Å². The van der Waals surface area contributed by atoms with E-state index in [9.17, 15) is 4.79 Å². The average Bonchev–Trinajstić information content (AvgIpc) is 3.02. The minimum absolute atomic E-state index is 0.174. The lowest BCUT2D eigenvalue weighted by Crippen LogP contribution is -2.21. The van der Waals surface area contributed by atoms with Crippen molar-refractivity contribution in [2.75, 3.05) is 6.61 Å². The summed E-state index contributed by atoms with van der Waals surface area (Å²) in [5.74, 6) is 5.26. The lowest BCUT2D eigenvalue weighted by Gasteiger charge is -2.03. The quantitative estimate of drug-likeness (QED) is 0.856. The van der Waals surface area contributed by atoms with Crippen molar-refractivity contribution in [3.63, 3.8) is 0 Å². The normalized spacial score (nSPS) is 9.79. The van der Waals surface area contributed by atoms with Gasteiger partial charge < -0.3 is 10.4 Å². The van der Waals surface area contributed by atoms with E-state index in [0.717, 1.165) is 10.4 Å². The molecule has 6 heteroatoms. The summed E-state index contributed by atoms with van der Waals surface area (Å²) >= 11 is 8.72. The average molecular weight is 312 g/mol. The summed E-state index contributed by atoms with van der Waals surface area (Å²) in [5, 5.41) is 15.6. The molecule has 0 aliphatic carbocycles. The Bertz CT molecular complexity index is 636. The Labute approximate surface area is 123 Å². The molecule has 2 N–H and O–H groups in total. The molecule has 2 heterocycles. The minimum Gasteiger partial charge on any atom is -0.384 e. The largest absolute Gasteiger partial charge is 0.384 e. The Morgan fingerprint density at radius 1 is 1.37 bits per heavy atom. The second-order valence-electron chi connectivity index (χ2n) is 3.50. The van der Waals surface area contributed by atoms with Gasteiger partial charge >= 0.3 is 0 Å². The van der Waals surface area contributed by atoms with Crippen molar-refractivity contribution in [2.24, 2.45) is 0 Å². The topological polar surface area (TPSA) is 49.3 Å². The second-order valence-corrected chi connectivity index (χ2v) is 5.82. The zero-order valence-electron chi connectivity index (χ0n) is 9.77. The first kappa shape index (κ1) is 14.1. The van der Waals surface area contributed by atoms with Crippen LogP contribution < -0.4 is 5.32 Å². The molecule has 0 bridgehead atoms. The lowest BCUT2D eigenvalue weighted by atomic mass is 10.2. The first-order chi connectivity index (χ1) is 9.22. The van der Waals surface area contributed by atoms with Crippen LogP contribution in [0.4, 0.5) is 0 Å². The Morgan fingerprint density at radius 2 is 2.16 bits per heavy atom. The van der Waals surface area contributed by atoms with Crippen molar-refractivity contribution < 1.29 is 9.90 Å². The molecule has 0 aliphatic heterocycles. The zero-order chi connectivity index (χ0) is 13.7. The van der Waals surface area contributed by atoms with Crippen LogP contribution in [0.15, 0.2) is 22.9 Å². The van der Waals surface area contributed by atoms with Gasteiger partial charge in [-0.3, -0.25) is 4.79 Å². The third-order valence-corrected chi connectivity index (χ3v) is 4.54. The van der Waals surface area contributed by atoms with Crippen molar-refractivity contribution in [3.05, 3.63) is 43.2 Å². The Hall–Kier alpha value is -1.32. The first-order valence-corrected chi connectivity index (χ1v) is 7.53. The van der Waals surface area contributed by atoms with Gasteiger partial charge in [-0.1, -0.05) is 23.4 Å². The van der Waals surface area contributed by atoms with Gasteiger partial charge in [-0.25, -0.2) is 0 Å². The van der Waals surface area contributed by atoms with E-state index in [1.54, 1.807) is 11.4 Å². The summed E-state index contributed by atoms with van der Waals surface area (Å²) in [4.78, 5) is 13.4. The number of nitrogens with one attached hydrogen (secondary N) is 1. The van der Waals surface area contributed by atoms with Gasteiger partial charge in [0.15, 0.2) is 0 Å². The summed E-state index contributed by atoms with van der Waals surface area (Å²) in [6.07, 6.45) is 0. The number of aliphatic hydroxyl groups excluding tert-OH is 1. The van der Waals surface area contributed by atoms with Gasteiger partial charge in [0.2, 0.25) is 0 Å². The van der Waals surface area contributed by atoms with Gasteiger partial charge in [-0.15, -0.1) is 22.7 Å². The van der Waals surface area contributed by atoms with Crippen LogP contribution >= 0.6 is 34.3 Å². The highest BCUT2D eigenvalue weighted by Crippen LogP contribution is 2.22. The van der Waals surface area contributed by atoms with Crippen molar-refractivity contribution in [2.45, 2.75) is 6.54 Å². The standard InChI is InChI=1S/C13H10ClNO2S2/c14-10-4-7-19-12(10)13(17)15-8-11-9(2-1-5-16)3-6-18-11/h3-4,6-7,16H,5,8H2,(H,15,17). The van der Waals surface area contributed by atoms with E-state index in [0.29, 0.717) is 16.4 Å². The Balaban J connectivity index is 2.02. The molecule has 0 saturated heterocycles. The molecule has 98 valence electrons. The fraction of sp³-hybridized carbons (Fsp3) is 0.154. The van der Waals surface area contributed by atoms with E-state index in [-0.39, 0.29) is 12.5 Å². The first-order valence-electron chi connectivity index (χ1n) is 5.39. The SMILES string of the molecule is O=C(NCc1sccc1C#CCO)c1sccc1Cl. The van der Waals surface area contributed by atoms with E-state index in [2.05, 4.69) is 17.2 Å². The predicted octanol–water partition coefficient (Wildman–Crippen LogP) is 2.74. The molecule has 0 unspecified atom stereocenters. The number of carbonyl (C=O) groups is 1.